The average Bonchev–Trinajstić information content (AvgIpc) is 2.65. The second-order valence-electron chi connectivity index (χ2n) is 5.59. The number of hydrogen-bond acceptors (Lipinski definition) is 4. The molecule has 0 spiro atoms. The predicted octanol–water partition coefficient (Wildman–Crippen LogP) is 3.04. The molecule has 3 N–H and O–H groups in total. The molecular formula is C20H25ClN2O3. The van der Waals surface area contributed by atoms with Gasteiger partial charge in [-0.2, -0.15) is 0 Å². The summed E-state index contributed by atoms with van der Waals surface area (Å²) >= 11 is 0. The van der Waals surface area contributed by atoms with Gasteiger partial charge in [-0.05, 0) is 29.7 Å². The molecule has 2 aromatic carbocycles. The summed E-state index contributed by atoms with van der Waals surface area (Å²) in [6.45, 7) is 3.96. The Bertz CT molecular complexity index is 707. The number of allylic oxidation sites excluding steroid dienone is 1. The zero-order valence-corrected chi connectivity index (χ0v) is 15.6. The number of hydrogen-bond donors (Lipinski definition) is 2. The van der Waals surface area contributed by atoms with Crippen molar-refractivity contribution in [2.75, 3.05) is 20.3 Å². The Kier molecular flexibility index (Phi) is 9.26. The van der Waals surface area contributed by atoms with Gasteiger partial charge in [0.25, 0.3) is 5.91 Å². The van der Waals surface area contributed by atoms with E-state index in [0.29, 0.717) is 18.0 Å². The second kappa shape index (κ2) is 11.2. The van der Waals surface area contributed by atoms with Crippen LogP contribution in [0, 0.1) is 0 Å². The van der Waals surface area contributed by atoms with Gasteiger partial charge in [-0.25, -0.2) is 0 Å². The fraction of sp³-hybridized carbons (Fsp3) is 0.250. The van der Waals surface area contributed by atoms with E-state index in [1.54, 1.807) is 13.2 Å². The number of carbonyl (C=O) groups is 1. The number of amides is 1. The second-order valence-corrected chi connectivity index (χ2v) is 5.59. The van der Waals surface area contributed by atoms with Crippen LogP contribution in [0.25, 0.3) is 0 Å². The topological polar surface area (TPSA) is 73.6 Å². The lowest BCUT2D eigenvalue weighted by Crippen LogP contribution is -2.35. The molecule has 0 aromatic heterocycles. The van der Waals surface area contributed by atoms with Gasteiger partial charge in [-0.15, -0.1) is 19.0 Å². The third-order valence-corrected chi connectivity index (χ3v) is 3.71. The number of rotatable bonds is 9. The van der Waals surface area contributed by atoms with Gasteiger partial charge in [-0.3, -0.25) is 4.79 Å². The lowest BCUT2D eigenvalue weighted by molar-refractivity contribution is -0.123. The van der Waals surface area contributed by atoms with E-state index in [-0.39, 0.29) is 31.0 Å². The van der Waals surface area contributed by atoms with Crippen molar-refractivity contribution in [2.45, 2.75) is 12.5 Å². The standard InChI is InChI=1S/C20H24N2O3.ClH/c1-3-7-15-10-11-18(19(12-15)24-2)25-14-20(23)22-13-17(21)16-8-5-4-6-9-16;/h3-6,8-12,17H,1,7,13-14,21H2,2H3,(H,22,23);1H. The highest BCUT2D eigenvalue weighted by atomic mass is 35.5. The lowest BCUT2D eigenvalue weighted by Gasteiger charge is -2.14. The van der Waals surface area contributed by atoms with Crippen LogP contribution in [0.2, 0.25) is 0 Å². The van der Waals surface area contributed by atoms with Gasteiger partial charge in [0.15, 0.2) is 18.1 Å². The van der Waals surface area contributed by atoms with Gasteiger partial charge < -0.3 is 20.5 Å². The summed E-state index contributed by atoms with van der Waals surface area (Å²) in [5, 5.41) is 2.78. The minimum Gasteiger partial charge on any atom is -0.493 e. The molecule has 140 valence electrons. The maximum absolute atomic E-state index is 12.0. The number of benzene rings is 2. The molecule has 1 amide bonds. The Hall–Kier alpha value is -2.50. The normalized spacial score (nSPS) is 11.0. The molecule has 0 heterocycles. The first kappa shape index (κ1) is 21.5. The van der Waals surface area contributed by atoms with Gasteiger partial charge in [0.2, 0.25) is 0 Å². The van der Waals surface area contributed by atoms with E-state index in [1.807, 2.05) is 48.5 Å². The molecule has 1 atom stereocenters. The smallest absolute Gasteiger partial charge is 0.258 e. The number of nitrogens with two attached hydrogens (primary N) is 1. The summed E-state index contributed by atoms with van der Waals surface area (Å²) in [7, 11) is 1.57. The Morgan fingerprint density at radius 3 is 2.62 bits per heavy atom. The highest BCUT2D eigenvalue weighted by Crippen LogP contribution is 2.28. The Balaban J connectivity index is 0.00000338. The first-order valence-electron chi connectivity index (χ1n) is 8.12. The molecule has 0 bridgehead atoms. The molecule has 0 saturated heterocycles. The first-order valence-corrected chi connectivity index (χ1v) is 8.12. The van der Waals surface area contributed by atoms with Crippen LogP contribution in [0.15, 0.2) is 61.2 Å². The van der Waals surface area contributed by atoms with Crippen LogP contribution in [-0.2, 0) is 11.2 Å². The predicted molar refractivity (Wildman–Crippen MR) is 106 cm³/mol. The van der Waals surface area contributed by atoms with Crippen LogP contribution in [0.1, 0.15) is 17.2 Å². The quantitative estimate of drug-likeness (QED) is 0.660. The fourth-order valence-corrected chi connectivity index (χ4v) is 2.36. The largest absolute Gasteiger partial charge is 0.493 e. The number of methoxy groups -OCH3 is 1. The van der Waals surface area contributed by atoms with Crippen molar-refractivity contribution in [3.05, 3.63) is 72.3 Å². The number of ether oxygens (including phenoxy) is 2. The van der Waals surface area contributed by atoms with Gasteiger partial charge in [-0.1, -0.05) is 42.5 Å². The van der Waals surface area contributed by atoms with Crippen LogP contribution in [0.4, 0.5) is 0 Å². The Labute approximate surface area is 160 Å². The highest BCUT2D eigenvalue weighted by Gasteiger charge is 2.10. The van der Waals surface area contributed by atoms with Crippen molar-refractivity contribution in [3.63, 3.8) is 0 Å². The number of nitrogens with one attached hydrogen (secondary N) is 1. The molecule has 6 heteroatoms. The lowest BCUT2D eigenvalue weighted by atomic mass is 10.1. The zero-order chi connectivity index (χ0) is 18.1. The van der Waals surface area contributed by atoms with E-state index < -0.39 is 0 Å². The van der Waals surface area contributed by atoms with E-state index in [0.717, 1.165) is 17.5 Å². The molecule has 0 radical (unpaired) electrons. The molecule has 0 aliphatic heterocycles. The van der Waals surface area contributed by atoms with Gasteiger partial charge in [0.1, 0.15) is 0 Å². The fourth-order valence-electron chi connectivity index (χ4n) is 2.36. The van der Waals surface area contributed by atoms with Crippen molar-refractivity contribution in [2.24, 2.45) is 5.73 Å². The third-order valence-electron chi connectivity index (χ3n) is 3.71. The van der Waals surface area contributed by atoms with Gasteiger partial charge in [0, 0.05) is 12.6 Å². The maximum atomic E-state index is 12.0. The van der Waals surface area contributed by atoms with Crippen molar-refractivity contribution < 1.29 is 14.3 Å². The summed E-state index contributed by atoms with van der Waals surface area (Å²) in [6, 6.07) is 15.0. The van der Waals surface area contributed by atoms with E-state index >= 15 is 0 Å². The van der Waals surface area contributed by atoms with Crippen LogP contribution < -0.4 is 20.5 Å². The van der Waals surface area contributed by atoms with Gasteiger partial charge in [0.05, 0.1) is 7.11 Å². The summed E-state index contributed by atoms with van der Waals surface area (Å²) in [6.07, 6.45) is 2.56. The highest BCUT2D eigenvalue weighted by molar-refractivity contribution is 5.85. The van der Waals surface area contributed by atoms with Crippen molar-refractivity contribution >= 4 is 18.3 Å². The van der Waals surface area contributed by atoms with Crippen molar-refractivity contribution in [1.82, 2.24) is 5.32 Å². The zero-order valence-electron chi connectivity index (χ0n) is 14.8. The van der Waals surface area contributed by atoms with Crippen molar-refractivity contribution in [1.29, 1.82) is 0 Å². The maximum Gasteiger partial charge on any atom is 0.258 e. The summed E-state index contributed by atoms with van der Waals surface area (Å²) in [5.74, 6) is 0.884. The molecule has 0 saturated carbocycles. The molecular weight excluding hydrogens is 352 g/mol. The molecule has 2 aromatic rings. The number of halogens is 1. The molecule has 5 nitrogen and oxygen atoms in total. The molecule has 1 unspecified atom stereocenters. The molecule has 0 aliphatic rings. The minimum absolute atomic E-state index is 0. The van der Waals surface area contributed by atoms with E-state index in [1.165, 1.54) is 0 Å². The summed E-state index contributed by atoms with van der Waals surface area (Å²) < 4.78 is 10.9. The molecule has 0 fully saturated rings. The third kappa shape index (κ3) is 6.43. The molecule has 0 aliphatic carbocycles. The molecule has 2 rings (SSSR count). The number of carbonyl (C=O) groups excluding carboxylic acids is 1. The van der Waals surface area contributed by atoms with Crippen LogP contribution in [0.3, 0.4) is 0 Å². The van der Waals surface area contributed by atoms with Crippen LogP contribution in [-0.4, -0.2) is 26.2 Å². The minimum atomic E-state index is -0.252. The Morgan fingerprint density at radius 2 is 1.96 bits per heavy atom. The molecule has 26 heavy (non-hydrogen) atoms. The monoisotopic (exact) mass is 376 g/mol. The van der Waals surface area contributed by atoms with E-state index in [2.05, 4.69) is 11.9 Å². The van der Waals surface area contributed by atoms with Crippen LogP contribution in [0.5, 0.6) is 11.5 Å². The van der Waals surface area contributed by atoms with Crippen molar-refractivity contribution in [3.8, 4) is 11.5 Å². The van der Waals surface area contributed by atoms with Crippen LogP contribution >= 0.6 is 12.4 Å². The SMILES string of the molecule is C=CCc1ccc(OCC(=O)NCC(N)c2ccccc2)c(OC)c1.Cl. The first-order chi connectivity index (χ1) is 12.1. The average molecular weight is 377 g/mol. The van der Waals surface area contributed by atoms with E-state index in [9.17, 15) is 4.79 Å². The summed E-state index contributed by atoms with van der Waals surface area (Å²) in [5.41, 5.74) is 8.10. The van der Waals surface area contributed by atoms with Gasteiger partial charge >= 0.3 is 0 Å². The van der Waals surface area contributed by atoms with E-state index in [4.69, 9.17) is 15.2 Å². The Morgan fingerprint density at radius 1 is 1.23 bits per heavy atom. The summed E-state index contributed by atoms with van der Waals surface area (Å²) in [4.78, 5) is 12.0.